The van der Waals surface area contributed by atoms with E-state index in [-0.39, 0.29) is 21.4 Å². The van der Waals surface area contributed by atoms with Gasteiger partial charge in [0, 0.05) is 37.6 Å². The molecule has 1 aromatic carbocycles. The van der Waals surface area contributed by atoms with E-state index in [4.69, 9.17) is 9.47 Å². The van der Waals surface area contributed by atoms with Gasteiger partial charge in [0.05, 0.1) is 34.7 Å². The quantitative estimate of drug-likeness (QED) is 0.317. The molecular weight excluding hydrogens is 530 g/mol. The average molecular weight is 564 g/mol. The fourth-order valence-corrected chi connectivity index (χ4v) is 7.26. The molecule has 13 heteroatoms. The van der Waals surface area contributed by atoms with Gasteiger partial charge in [-0.3, -0.25) is 4.98 Å². The number of H-pyrrole nitrogens is 1. The Labute approximate surface area is 223 Å². The molecule has 206 valence electrons. The minimum absolute atomic E-state index is 0.168. The predicted octanol–water partition coefficient (Wildman–Crippen LogP) is 1.84. The first-order chi connectivity index (χ1) is 18.2. The van der Waals surface area contributed by atoms with Crippen molar-refractivity contribution in [1.82, 2.24) is 24.3 Å². The first-order valence-electron chi connectivity index (χ1n) is 12.7. The molecular formula is C25H33N5O6S2. The number of piperidine rings is 1. The molecule has 0 unspecified atom stereocenters. The third-order valence-electron chi connectivity index (χ3n) is 7.26. The lowest BCUT2D eigenvalue weighted by molar-refractivity contribution is -0.0311. The fraction of sp³-hybridized carbons (Fsp3) is 0.480. The van der Waals surface area contributed by atoms with Crippen molar-refractivity contribution in [3.8, 4) is 5.75 Å². The van der Waals surface area contributed by atoms with Crippen LogP contribution in [0.25, 0.3) is 11.0 Å². The van der Waals surface area contributed by atoms with Gasteiger partial charge >= 0.3 is 0 Å². The third kappa shape index (κ3) is 5.72. The Hall–Kier alpha value is -2.55. The highest BCUT2D eigenvalue weighted by Crippen LogP contribution is 2.37. The predicted molar refractivity (Wildman–Crippen MR) is 142 cm³/mol. The zero-order valence-electron chi connectivity index (χ0n) is 21.2. The van der Waals surface area contributed by atoms with Crippen molar-refractivity contribution in [3.63, 3.8) is 0 Å². The standard InChI is InChI=1S/C25H33N5O6S2/c1-26-37(31,32)21-5-2-4-20(14-21)35-13-3-9-27-19-16-25(36-18-19)7-11-30(12-8-25)38(33,34)22-15-24-23(29-17-22)6-10-28-24/h2,4-6,10,14-15,17,19,26-28H,3,7-9,11-13,16,18H2,1H3/t19-/m1/s1. The normalized spacial score (nSPS) is 20.3. The number of hydrogen-bond acceptors (Lipinski definition) is 8. The molecule has 1 spiro atoms. The van der Waals surface area contributed by atoms with E-state index in [2.05, 4.69) is 20.0 Å². The highest BCUT2D eigenvalue weighted by Gasteiger charge is 2.44. The average Bonchev–Trinajstić information content (AvgIpc) is 3.55. The number of nitrogens with one attached hydrogen (secondary N) is 3. The summed E-state index contributed by atoms with van der Waals surface area (Å²) in [6, 6.07) is 10.1. The lowest BCUT2D eigenvalue weighted by atomic mass is 9.88. The topological polar surface area (TPSA) is 143 Å². The number of rotatable bonds is 10. The Kier molecular flexibility index (Phi) is 7.76. The highest BCUT2D eigenvalue weighted by molar-refractivity contribution is 7.89. The molecule has 2 aromatic heterocycles. The lowest BCUT2D eigenvalue weighted by Gasteiger charge is -2.38. The maximum atomic E-state index is 13.2. The van der Waals surface area contributed by atoms with Crippen molar-refractivity contribution in [2.24, 2.45) is 0 Å². The number of aromatic amines is 1. The molecule has 0 radical (unpaired) electrons. The number of pyridine rings is 1. The largest absolute Gasteiger partial charge is 0.494 e. The number of ether oxygens (including phenoxy) is 2. The molecule has 38 heavy (non-hydrogen) atoms. The van der Waals surface area contributed by atoms with Crippen LogP contribution in [0.1, 0.15) is 25.7 Å². The Morgan fingerprint density at radius 3 is 2.76 bits per heavy atom. The van der Waals surface area contributed by atoms with Gasteiger partial charge in [-0.1, -0.05) is 6.07 Å². The molecule has 5 rings (SSSR count). The molecule has 2 aliphatic rings. The van der Waals surface area contributed by atoms with E-state index in [1.54, 1.807) is 24.4 Å². The summed E-state index contributed by atoms with van der Waals surface area (Å²) in [5, 5.41) is 3.51. The summed E-state index contributed by atoms with van der Waals surface area (Å²) in [6.45, 7) is 2.59. The van der Waals surface area contributed by atoms with Gasteiger partial charge in [-0.05, 0) is 63.5 Å². The van der Waals surface area contributed by atoms with Gasteiger partial charge in [0.1, 0.15) is 10.6 Å². The van der Waals surface area contributed by atoms with E-state index in [0.29, 0.717) is 50.4 Å². The summed E-state index contributed by atoms with van der Waals surface area (Å²) in [6.07, 6.45) is 6.05. The van der Waals surface area contributed by atoms with Gasteiger partial charge in [0.25, 0.3) is 0 Å². The second kappa shape index (κ2) is 10.9. The molecule has 2 fully saturated rings. The van der Waals surface area contributed by atoms with E-state index < -0.39 is 20.0 Å². The second-order valence-corrected chi connectivity index (χ2v) is 13.5. The third-order valence-corrected chi connectivity index (χ3v) is 10.5. The summed E-state index contributed by atoms with van der Waals surface area (Å²) in [7, 11) is -5.75. The van der Waals surface area contributed by atoms with Gasteiger partial charge in [0.15, 0.2) is 0 Å². The van der Waals surface area contributed by atoms with Crippen molar-refractivity contribution in [3.05, 3.63) is 48.8 Å². The maximum absolute atomic E-state index is 13.2. The van der Waals surface area contributed by atoms with Crippen LogP contribution in [0.5, 0.6) is 5.75 Å². The monoisotopic (exact) mass is 563 g/mol. The van der Waals surface area contributed by atoms with Gasteiger partial charge in [-0.15, -0.1) is 0 Å². The number of fused-ring (bicyclic) bond motifs is 1. The van der Waals surface area contributed by atoms with Crippen LogP contribution in [0, 0.1) is 0 Å². The lowest BCUT2D eigenvalue weighted by Crippen LogP contribution is -2.46. The smallest absolute Gasteiger partial charge is 0.244 e. The minimum atomic E-state index is -3.62. The van der Waals surface area contributed by atoms with E-state index in [1.807, 2.05) is 6.07 Å². The molecule has 3 aromatic rings. The molecule has 11 nitrogen and oxygen atoms in total. The van der Waals surface area contributed by atoms with Gasteiger partial charge in [0.2, 0.25) is 20.0 Å². The first-order valence-corrected chi connectivity index (χ1v) is 15.6. The van der Waals surface area contributed by atoms with Crippen molar-refractivity contribution >= 4 is 31.1 Å². The van der Waals surface area contributed by atoms with Gasteiger partial charge in [-0.25, -0.2) is 21.6 Å². The molecule has 0 saturated carbocycles. The molecule has 3 N–H and O–H groups in total. The van der Waals surface area contributed by atoms with Crippen LogP contribution < -0.4 is 14.8 Å². The Morgan fingerprint density at radius 2 is 1.97 bits per heavy atom. The van der Waals surface area contributed by atoms with Crippen LogP contribution in [-0.4, -0.2) is 82.6 Å². The van der Waals surface area contributed by atoms with Crippen LogP contribution in [-0.2, 0) is 24.8 Å². The van der Waals surface area contributed by atoms with Crippen LogP contribution in [0.15, 0.2) is 58.6 Å². The summed E-state index contributed by atoms with van der Waals surface area (Å²) in [4.78, 5) is 7.64. The second-order valence-electron chi connectivity index (χ2n) is 9.72. The van der Waals surface area contributed by atoms with Crippen molar-refractivity contribution in [1.29, 1.82) is 0 Å². The molecule has 0 bridgehead atoms. The zero-order chi connectivity index (χ0) is 26.8. The SMILES string of the molecule is CNS(=O)(=O)c1cccc(OCCCN[C@H]2COC3(CCN(S(=O)(=O)c4cnc5cc[nH]c5c4)CC3)C2)c1. The summed E-state index contributed by atoms with van der Waals surface area (Å²) in [5.41, 5.74) is 1.13. The summed E-state index contributed by atoms with van der Waals surface area (Å²) >= 11 is 0. The van der Waals surface area contributed by atoms with Crippen LogP contribution in [0.2, 0.25) is 0 Å². The van der Waals surface area contributed by atoms with Crippen molar-refractivity contribution in [2.45, 2.75) is 47.1 Å². The Morgan fingerprint density at radius 1 is 1.16 bits per heavy atom. The highest BCUT2D eigenvalue weighted by atomic mass is 32.2. The van der Waals surface area contributed by atoms with E-state index in [1.165, 1.54) is 29.7 Å². The van der Waals surface area contributed by atoms with Gasteiger partial charge < -0.3 is 19.8 Å². The first kappa shape index (κ1) is 27.0. The van der Waals surface area contributed by atoms with Crippen LogP contribution in [0.4, 0.5) is 0 Å². The molecule has 0 amide bonds. The molecule has 2 aliphatic heterocycles. The zero-order valence-corrected chi connectivity index (χ0v) is 22.9. The number of benzene rings is 1. The molecule has 2 saturated heterocycles. The Bertz CT molecular complexity index is 1480. The van der Waals surface area contributed by atoms with Crippen molar-refractivity contribution < 1.29 is 26.3 Å². The van der Waals surface area contributed by atoms with E-state index in [0.717, 1.165) is 24.9 Å². The molecule has 0 aliphatic carbocycles. The number of hydrogen-bond donors (Lipinski definition) is 3. The number of aromatic nitrogens is 2. The van der Waals surface area contributed by atoms with Crippen molar-refractivity contribution in [2.75, 3.05) is 39.9 Å². The molecule has 4 heterocycles. The summed E-state index contributed by atoms with van der Waals surface area (Å²) in [5.74, 6) is 0.509. The minimum Gasteiger partial charge on any atom is -0.494 e. The Balaban J connectivity index is 1.06. The fourth-order valence-electron chi connectivity index (χ4n) is 5.08. The number of sulfonamides is 2. The van der Waals surface area contributed by atoms with E-state index >= 15 is 0 Å². The van der Waals surface area contributed by atoms with E-state index in [9.17, 15) is 16.8 Å². The molecule has 1 atom stereocenters. The number of nitrogens with zero attached hydrogens (tertiary/aromatic N) is 2. The maximum Gasteiger partial charge on any atom is 0.244 e. The van der Waals surface area contributed by atoms with Gasteiger partial charge in [-0.2, -0.15) is 4.31 Å². The summed E-state index contributed by atoms with van der Waals surface area (Å²) < 4.78 is 66.0. The van der Waals surface area contributed by atoms with Crippen LogP contribution >= 0.6 is 0 Å². The van der Waals surface area contributed by atoms with Crippen LogP contribution in [0.3, 0.4) is 0 Å².